The highest BCUT2D eigenvalue weighted by Gasteiger charge is 2.25. The zero-order valence-corrected chi connectivity index (χ0v) is 16.6. The van der Waals surface area contributed by atoms with Crippen LogP contribution in [0.1, 0.15) is 59.6 Å². The summed E-state index contributed by atoms with van der Waals surface area (Å²) in [5, 5.41) is 10.3. The molecule has 0 aliphatic carbocycles. The van der Waals surface area contributed by atoms with Crippen molar-refractivity contribution in [3.63, 3.8) is 0 Å². The van der Waals surface area contributed by atoms with E-state index in [9.17, 15) is 9.90 Å². The summed E-state index contributed by atoms with van der Waals surface area (Å²) in [6.45, 7) is 18.9. The van der Waals surface area contributed by atoms with Crippen LogP contribution in [0.2, 0.25) is 0 Å². The fraction of sp³-hybridized carbons (Fsp3) is 0.571. The maximum absolute atomic E-state index is 10.7. The second-order valence-corrected chi connectivity index (χ2v) is 8.54. The van der Waals surface area contributed by atoms with Crippen molar-refractivity contribution in [3.05, 3.63) is 41.5 Å². The van der Waals surface area contributed by atoms with Gasteiger partial charge in [-0.15, -0.1) is 0 Å². The van der Waals surface area contributed by atoms with E-state index >= 15 is 0 Å². The molecular formula is C21H32O4. The van der Waals surface area contributed by atoms with Crippen molar-refractivity contribution < 1.29 is 19.4 Å². The predicted octanol–water partition coefficient (Wildman–Crippen LogP) is 4.49. The zero-order chi connectivity index (χ0) is 19.4. The Morgan fingerprint density at radius 1 is 1.20 bits per heavy atom. The minimum atomic E-state index is -0.337. The van der Waals surface area contributed by atoms with E-state index in [-0.39, 0.29) is 22.9 Å². The number of hydrogen-bond donors (Lipinski definition) is 1. The molecule has 0 bridgehead atoms. The molecule has 1 unspecified atom stereocenters. The monoisotopic (exact) mass is 348 g/mol. The molecule has 25 heavy (non-hydrogen) atoms. The average molecular weight is 348 g/mol. The summed E-state index contributed by atoms with van der Waals surface area (Å²) in [6, 6.07) is 6.04. The number of ether oxygens (including phenoxy) is 2. The molecule has 0 amide bonds. The lowest BCUT2D eigenvalue weighted by atomic mass is 9.80. The van der Waals surface area contributed by atoms with E-state index in [4.69, 9.17) is 9.47 Å². The Hall–Kier alpha value is -1.81. The van der Waals surface area contributed by atoms with E-state index in [2.05, 4.69) is 48.1 Å². The van der Waals surface area contributed by atoms with Crippen LogP contribution < -0.4 is 0 Å². The lowest BCUT2D eigenvalue weighted by Crippen LogP contribution is -2.16. The van der Waals surface area contributed by atoms with Gasteiger partial charge in [0.15, 0.2) is 0 Å². The molecule has 0 saturated carbocycles. The minimum absolute atomic E-state index is 0.00859. The molecule has 1 aliphatic rings. The second-order valence-electron chi connectivity index (χ2n) is 8.54. The topological polar surface area (TPSA) is 59.1 Å². The number of phenolic OH excluding ortho intramolecular Hbond substituents is 1. The van der Waals surface area contributed by atoms with Gasteiger partial charge >= 0.3 is 5.97 Å². The molecule has 1 aromatic rings. The summed E-state index contributed by atoms with van der Waals surface area (Å²) in [5.41, 5.74) is 2.46. The molecule has 4 heteroatoms. The first-order valence-corrected chi connectivity index (χ1v) is 8.61. The van der Waals surface area contributed by atoms with Crippen molar-refractivity contribution >= 4 is 5.97 Å². The summed E-state index contributed by atoms with van der Waals surface area (Å²) in [7, 11) is 0. The van der Waals surface area contributed by atoms with Gasteiger partial charge in [-0.3, -0.25) is 0 Å². The molecule has 0 radical (unpaired) electrons. The maximum Gasteiger partial charge on any atom is 0.333 e. The maximum atomic E-state index is 10.7. The molecule has 1 aliphatic heterocycles. The van der Waals surface area contributed by atoms with Crippen LogP contribution in [0.15, 0.2) is 30.4 Å². The number of epoxide rings is 1. The average Bonchev–Trinajstić information content (AvgIpc) is 3.27. The Morgan fingerprint density at radius 2 is 1.64 bits per heavy atom. The fourth-order valence-electron chi connectivity index (χ4n) is 2.21. The first-order chi connectivity index (χ1) is 11.3. The number of para-hydroxylation sites is 1. The van der Waals surface area contributed by atoms with Crippen LogP contribution in [0.5, 0.6) is 5.75 Å². The van der Waals surface area contributed by atoms with E-state index in [1.165, 1.54) is 0 Å². The van der Waals surface area contributed by atoms with Crippen molar-refractivity contribution in [3.8, 4) is 5.75 Å². The largest absolute Gasteiger partial charge is 0.507 e. The Balaban J connectivity index is 0.000000271. The molecular weight excluding hydrogens is 316 g/mol. The van der Waals surface area contributed by atoms with Crippen LogP contribution in [0.3, 0.4) is 0 Å². The Labute approximate surface area is 151 Å². The van der Waals surface area contributed by atoms with Crippen LogP contribution >= 0.6 is 0 Å². The summed E-state index contributed by atoms with van der Waals surface area (Å²) in [6.07, 6.45) is 0.142. The molecule has 1 fully saturated rings. The van der Waals surface area contributed by atoms with Gasteiger partial charge in [-0.05, 0) is 28.9 Å². The first kappa shape index (κ1) is 21.2. The van der Waals surface area contributed by atoms with E-state index in [1.807, 2.05) is 18.2 Å². The van der Waals surface area contributed by atoms with Crippen molar-refractivity contribution in [2.45, 2.75) is 65.4 Å². The highest BCUT2D eigenvalue weighted by molar-refractivity contribution is 5.86. The quantitative estimate of drug-likeness (QED) is 0.497. The zero-order valence-electron chi connectivity index (χ0n) is 16.6. The molecule has 4 nitrogen and oxygen atoms in total. The molecule has 2 rings (SSSR count). The molecule has 1 saturated heterocycles. The molecule has 1 atom stereocenters. The molecule has 1 N–H and O–H groups in total. The van der Waals surface area contributed by atoms with Gasteiger partial charge in [0.25, 0.3) is 0 Å². The van der Waals surface area contributed by atoms with Gasteiger partial charge in [0.2, 0.25) is 0 Å². The summed E-state index contributed by atoms with van der Waals surface area (Å²) in [5.74, 6) is 0.119. The van der Waals surface area contributed by atoms with Gasteiger partial charge in [0.05, 0.1) is 6.61 Å². The summed E-state index contributed by atoms with van der Waals surface area (Å²) in [4.78, 5) is 10.7. The van der Waals surface area contributed by atoms with Gasteiger partial charge in [-0.2, -0.15) is 0 Å². The molecule has 140 valence electrons. The lowest BCUT2D eigenvalue weighted by Gasteiger charge is -2.26. The first-order valence-electron chi connectivity index (χ1n) is 8.61. The van der Waals surface area contributed by atoms with Gasteiger partial charge in [0.1, 0.15) is 18.5 Å². The normalized spacial score (nSPS) is 16.5. The number of benzene rings is 1. The highest BCUT2D eigenvalue weighted by atomic mass is 16.6. The van der Waals surface area contributed by atoms with E-state index in [0.717, 1.165) is 11.1 Å². The third-order valence-corrected chi connectivity index (χ3v) is 3.80. The standard InChI is InChI=1S/C14H22O.C7H10O3/c1-13(2,3)10-8-7-9-11(12(10)15)14(4,5)6;1-5(2)7(8)10-4-6-3-9-6/h7-9,15H,1-6H3;6H,1,3-4H2,2H3. The number of esters is 1. The van der Waals surface area contributed by atoms with Gasteiger partial charge in [0, 0.05) is 5.57 Å². The number of carbonyl (C=O) groups is 1. The molecule has 0 spiro atoms. The Kier molecular flexibility index (Phi) is 6.83. The summed E-state index contributed by atoms with van der Waals surface area (Å²) >= 11 is 0. The second kappa shape index (κ2) is 8.05. The van der Waals surface area contributed by atoms with Crippen LogP contribution in [-0.2, 0) is 25.1 Å². The van der Waals surface area contributed by atoms with Crippen molar-refractivity contribution in [1.29, 1.82) is 0 Å². The van der Waals surface area contributed by atoms with E-state index < -0.39 is 0 Å². The van der Waals surface area contributed by atoms with Gasteiger partial charge in [-0.1, -0.05) is 66.3 Å². The van der Waals surface area contributed by atoms with Crippen molar-refractivity contribution in [2.24, 2.45) is 0 Å². The lowest BCUT2D eigenvalue weighted by molar-refractivity contribution is -0.139. The smallest absolute Gasteiger partial charge is 0.333 e. The van der Waals surface area contributed by atoms with Crippen molar-refractivity contribution in [2.75, 3.05) is 13.2 Å². The molecule has 0 aromatic heterocycles. The van der Waals surface area contributed by atoms with Crippen LogP contribution in [0.4, 0.5) is 0 Å². The Morgan fingerprint density at radius 3 is 1.96 bits per heavy atom. The van der Waals surface area contributed by atoms with Crippen LogP contribution in [0, 0.1) is 0 Å². The number of phenols is 1. The summed E-state index contributed by atoms with van der Waals surface area (Å²) < 4.78 is 9.60. The minimum Gasteiger partial charge on any atom is -0.507 e. The third kappa shape index (κ3) is 6.91. The van der Waals surface area contributed by atoms with Crippen LogP contribution in [-0.4, -0.2) is 30.4 Å². The van der Waals surface area contributed by atoms with Gasteiger partial charge < -0.3 is 14.6 Å². The van der Waals surface area contributed by atoms with Crippen molar-refractivity contribution in [1.82, 2.24) is 0 Å². The van der Waals surface area contributed by atoms with E-state index in [0.29, 0.717) is 24.5 Å². The van der Waals surface area contributed by atoms with Crippen LogP contribution in [0.25, 0.3) is 0 Å². The van der Waals surface area contributed by atoms with Gasteiger partial charge in [-0.25, -0.2) is 4.79 Å². The number of aromatic hydroxyl groups is 1. The number of hydrogen-bond acceptors (Lipinski definition) is 4. The Bertz CT molecular complexity index is 582. The SMILES string of the molecule is C=C(C)C(=O)OCC1CO1.CC(C)(C)c1cccc(C(C)(C)C)c1O. The number of carbonyl (C=O) groups excluding carboxylic acids is 1. The number of rotatable bonds is 3. The molecule has 1 aromatic carbocycles. The third-order valence-electron chi connectivity index (χ3n) is 3.80. The predicted molar refractivity (Wildman–Crippen MR) is 101 cm³/mol. The highest BCUT2D eigenvalue weighted by Crippen LogP contribution is 2.38. The fourth-order valence-corrected chi connectivity index (χ4v) is 2.21. The molecule has 1 heterocycles. The van der Waals surface area contributed by atoms with E-state index in [1.54, 1.807) is 6.92 Å².